The van der Waals surface area contributed by atoms with Crippen LogP contribution in [0.3, 0.4) is 0 Å². The molecule has 0 saturated heterocycles. The van der Waals surface area contributed by atoms with Gasteiger partial charge in [0.15, 0.2) is 5.54 Å². The molecule has 110 valence electrons. The number of carboxylic acid groups (broad SMARTS) is 1. The molecule has 7 heteroatoms. The fourth-order valence-electron chi connectivity index (χ4n) is 1.63. The van der Waals surface area contributed by atoms with Crippen molar-refractivity contribution in [2.45, 2.75) is 18.9 Å². The van der Waals surface area contributed by atoms with E-state index in [-0.39, 0.29) is 13.0 Å². The van der Waals surface area contributed by atoms with Crippen LogP contribution in [0.25, 0.3) is 0 Å². The van der Waals surface area contributed by atoms with Gasteiger partial charge < -0.3 is 15.2 Å². The van der Waals surface area contributed by atoms with E-state index in [1.807, 2.05) is 0 Å². The highest BCUT2D eigenvalue weighted by Crippen LogP contribution is 2.22. The van der Waals surface area contributed by atoms with Crippen LogP contribution in [0.4, 0.5) is 0 Å². The summed E-state index contributed by atoms with van der Waals surface area (Å²) in [5.74, 6) is -1.60. The molecule has 1 aromatic carbocycles. The van der Waals surface area contributed by atoms with Gasteiger partial charge in [-0.1, -0.05) is 29.3 Å². The lowest BCUT2D eigenvalue weighted by molar-refractivity contribution is -0.149. The summed E-state index contributed by atoms with van der Waals surface area (Å²) < 4.78 is 4.82. The summed E-state index contributed by atoms with van der Waals surface area (Å²) >= 11 is 11.6. The quantitative estimate of drug-likeness (QED) is 0.842. The summed E-state index contributed by atoms with van der Waals surface area (Å²) in [5.41, 5.74) is -0.829. The molecular formula is C13H15Cl2NO4. The van der Waals surface area contributed by atoms with Crippen molar-refractivity contribution in [2.75, 3.05) is 13.7 Å². The Balaban J connectivity index is 2.75. The number of rotatable bonds is 6. The zero-order valence-electron chi connectivity index (χ0n) is 11.1. The van der Waals surface area contributed by atoms with Crippen molar-refractivity contribution in [3.63, 3.8) is 0 Å². The zero-order chi connectivity index (χ0) is 15.3. The molecule has 0 aliphatic rings. The highest BCUT2D eigenvalue weighted by molar-refractivity contribution is 6.42. The molecule has 20 heavy (non-hydrogen) atoms. The van der Waals surface area contributed by atoms with Crippen molar-refractivity contribution in [1.29, 1.82) is 0 Å². The van der Waals surface area contributed by atoms with Gasteiger partial charge >= 0.3 is 5.97 Å². The number of aliphatic carboxylic acids is 1. The van der Waals surface area contributed by atoms with Gasteiger partial charge in [-0.15, -0.1) is 0 Å². The highest BCUT2D eigenvalue weighted by Gasteiger charge is 2.34. The predicted octanol–water partition coefficient (Wildman–Crippen LogP) is 2.14. The number of ether oxygens (including phenoxy) is 1. The van der Waals surface area contributed by atoms with E-state index in [1.165, 1.54) is 14.0 Å². The number of amides is 1. The maximum atomic E-state index is 11.9. The van der Waals surface area contributed by atoms with Gasteiger partial charge in [-0.2, -0.15) is 0 Å². The maximum absolute atomic E-state index is 11.9. The number of methoxy groups -OCH3 is 1. The number of nitrogens with one attached hydrogen (secondary N) is 1. The van der Waals surface area contributed by atoms with Crippen molar-refractivity contribution < 1.29 is 19.4 Å². The van der Waals surface area contributed by atoms with Crippen molar-refractivity contribution >= 4 is 35.1 Å². The third-order valence-electron chi connectivity index (χ3n) is 2.67. The monoisotopic (exact) mass is 319 g/mol. The Hall–Kier alpha value is -1.30. The van der Waals surface area contributed by atoms with Crippen LogP contribution >= 0.6 is 23.2 Å². The van der Waals surface area contributed by atoms with E-state index < -0.39 is 17.4 Å². The molecule has 1 aromatic rings. The van der Waals surface area contributed by atoms with Crippen LogP contribution in [0, 0.1) is 0 Å². The van der Waals surface area contributed by atoms with E-state index in [9.17, 15) is 9.59 Å². The van der Waals surface area contributed by atoms with Gasteiger partial charge in [0.2, 0.25) is 5.91 Å². The largest absolute Gasteiger partial charge is 0.479 e. The summed E-state index contributed by atoms with van der Waals surface area (Å²) in [6.07, 6.45) is 0.00345. The molecular weight excluding hydrogens is 305 g/mol. The third kappa shape index (κ3) is 4.37. The second kappa shape index (κ2) is 6.92. The van der Waals surface area contributed by atoms with Crippen LogP contribution in [0.2, 0.25) is 10.0 Å². The van der Waals surface area contributed by atoms with Gasteiger partial charge in [0.05, 0.1) is 23.1 Å². The number of carbonyl (C=O) groups is 2. The van der Waals surface area contributed by atoms with E-state index in [4.69, 9.17) is 33.0 Å². The van der Waals surface area contributed by atoms with Gasteiger partial charge in [0.1, 0.15) is 0 Å². The Morgan fingerprint density at radius 2 is 2.00 bits per heavy atom. The molecule has 0 heterocycles. The Morgan fingerprint density at radius 1 is 1.35 bits per heavy atom. The number of halogens is 2. The smallest absolute Gasteiger partial charge is 0.331 e. The first-order valence-corrected chi connectivity index (χ1v) is 6.51. The van der Waals surface area contributed by atoms with Crippen molar-refractivity contribution in [2.24, 2.45) is 0 Å². The molecule has 5 nitrogen and oxygen atoms in total. The molecule has 0 spiro atoms. The molecule has 0 saturated carbocycles. The number of hydrogen-bond acceptors (Lipinski definition) is 3. The van der Waals surface area contributed by atoms with E-state index in [1.54, 1.807) is 18.2 Å². The lowest BCUT2D eigenvalue weighted by Crippen LogP contribution is -2.55. The van der Waals surface area contributed by atoms with E-state index in [0.717, 1.165) is 0 Å². The van der Waals surface area contributed by atoms with Crippen LogP contribution in [-0.4, -0.2) is 36.2 Å². The summed E-state index contributed by atoms with van der Waals surface area (Å²) in [6, 6.07) is 4.80. The minimum atomic E-state index is -1.47. The molecule has 0 fully saturated rings. The topological polar surface area (TPSA) is 75.6 Å². The second-order valence-electron chi connectivity index (χ2n) is 4.54. The predicted molar refractivity (Wildman–Crippen MR) is 76.2 cm³/mol. The van der Waals surface area contributed by atoms with Gasteiger partial charge in [-0.3, -0.25) is 4.79 Å². The zero-order valence-corrected chi connectivity index (χ0v) is 12.6. The fraction of sp³-hybridized carbons (Fsp3) is 0.385. The molecule has 0 aromatic heterocycles. The number of benzene rings is 1. The number of carbonyl (C=O) groups excluding carboxylic acids is 1. The summed E-state index contributed by atoms with van der Waals surface area (Å²) in [7, 11) is 1.37. The lowest BCUT2D eigenvalue weighted by atomic mass is 10.0. The molecule has 0 bridgehead atoms. The van der Waals surface area contributed by atoms with Crippen LogP contribution < -0.4 is 5.32 Å². The molecule has 1 atom stereocenters. The summed E-state index contributed by atoms with van der Waals surface area (Å²) in [4.78, 5) is 23.1. The Labute approximate surface area is 126 Å². The summed E-state index contributed by atoms with van der Waals surface area (Å²) in [5, 5.41) is 12.3. The molecule has 1 amide bonds. The van der Waals surface area contributed by atoms with Gasteiger partial charge in [0, 0.05) is 7.11 Å². The van der Waals surface area contributed by atoms with E-state index >= 15 is 0 Å². The first kappa shape index (κ1) is 16.8. The highest BCUT2D eigenvalue weighted by atomic mass is 35.5. The Morgan fingerprint density at radius 3 is 2.50 bits per heavy atom. The fourth-order valence-corrected chi connectivity index (χ4v) is 1.95. The third-order valence-corrected chi connectivity index (χ3v) is 3.41. The van der Waals surface area contributed by atoms with Crippen LogP contribution in [0.15, 0.2) is 18.2 Å². The van der Waals surface area contributed by atoms with Gasteiger partial charge in [-0.05, 0) is 24.6 Å². The summed E-state index contributed by atoms with van der Waals surface area (Å²) in [6.45, 7) is 1.25. The minimum Gasteiger partial charge on any atom is -0.479 e. The van der Waals surface area contributed by atoms with Gasteiger partial charge in [-0.25, -0.2) is 4.79 Å². The average molecular weight is 320 g/mol. The number of carboxylic acids is 1. The molecule has 0 aliphatic heterocycles. The van der Waals surface area contributed by atoms with E-state index in [2.05, 4.69) is 5.32 Å². The van der Waals surface area contributed by atoms with Crippen LogP contribution in [0.5, 0.6) is 0 Å². The molecule has 2 N–H and O–H groups in total. The lowest BCUT2D eigenvalue weighted by Gasteiger charge is -2.25. The Bertz CT molecular complexity index is 521. The van der Waals surface area contributed by atoms with Crippen LogP contribution in [0.1, 0.15) is 12.5 Å². The van der Waals surface area contributed by atoms with Crippen molar-refractivity contribution in [3.8, 4) is 0 Å². The maximum Gasteiger partial charge on any atom is 0.331 e. The second-order valence-corrected chi connectivity index (χ2v) is 5.36. The Kier molecular flexibility index (Phi) is 5.80. The molecule has 1 unspecified atom stereocenters. The standard InChI is InChI=1S/C13H15Cl2NO4/c1-13(7-20-2,12(18)19)16-11(17)6-8-3-4-9(14)10(15)5-8/h3-5H,6-7H2,1-2H3,(H,16,17)(H,18,19). The minimum absolute atomic E-state index is 0.00345. The average Bonchev–Trinajstić information content (AvgIpc) is 2.33. The van der Waals surface area contributed by atoms with Crippen molar-refractivity contribution in [3.05, 3.63) is 33.8 Å². The normalized spacial score (nSPS) is 13.6. The first-order valence-electron chi connectivity index (χ1n) is 5.76. The van der Waals surface area contributed by atoms with Crippen LogP contribution in [-0.2, 0) is 20.7 Å². The number of hydrogen-bond donors (Lipinski definition) is 2. The first-order chi connectivity index (χ1) is 9.28. The molecule has 0 aliphatic carbocycles. The SMILES string of the molecule is COCC(C)(NC(=O)Cc1ccc(Cl)c(Cl)c1)C(=O)O. The van der Waals surface area contributed by atoms with Crippen molar-refractivity contribution in [1.82, 2.24) is 5.32 Å². The molecule has 0 radical (unpaired) electrons. The van der Waals surface area contributed by atoms with Gasteiger partial charge in [0.25, 0.3) is 0 Å². The molecule has 1 rings (SSSR count). The van der Waals surface area contributed by atoms with E-state index in [0.29, 0.717) is 15.6 Å².